The molecule has 0 bridgehead atoms. The van der Waals surface area contributed by atoms with Crippen molar-refractivity contribution in [2.75, 3.05) is 6.61 Å². The van der Waals surface area contributed by atoms with Crippen LogP contribution in [0.2, 0.25) is 0 Å². The number of fused-ring (bicyclic) bond motifs is 1. The molecule has 1 aromatic carbocycles. The van der Waals surface area contributed by atoms with Crippen LogP contribution in [0, 0.1) is 5.92 Å². The summed E-state index contributed by atoms with van der Waals surface area (Å²) in [4.78, 5) is 0. The van der Waals surface area contributed by atoms with E-state index < -0.39 is 0 Å². The Balaban J connectivity index is 1.73. The minimum Gasteiger partial charge on any atom is -0.491 e. The molecule has 16 heavy (non-hydrogen) atoms. The minimum absolute atomic E-state index is 0.404. The zero-order valence-corrected chi connectivity index (χ0v) is 9.78. The summed E-state index contributed by atoms with van der Waals surface area (Å²) in [5.74, 6) is 1.87. The molecule has 1 saturated carbocycles. The number of nitrogens with one attached hydrogen (secondary N) is 1. The molecule has 2 heteroatoms. The summed E-state index contributed by atoms with van der Waals surface area (Å²) in [6, 6.07) is 9.47. The van der Waals surface area contributed by atoms with Crippen molar-refractivity contribution in [1.29, 1.82) is 0 Å². The third-order valence-corrected chi connectivity index (χ3v) is 3.98. The first-order valence-corrected chi connectivity index (χ1v) is 6.32. The highest BCUT2D eigenvalue weighted by Gasteiger charge is 2.30. The lowest BCUT2D eigenvalue weighted by molar-refractivity contribution is 0.284. The highest BCUT2D eigenvalue weighted by Crippen LogP contribution is 2.34. The van der Waals surface area contributed by atoms with E-state index in [1.165, 1.54) is 24.8 Å². The molecule has 3 rings (SSSR count). The Bertz CT molecular complexity index is 377. The number of benzene rings is 1. The summed E-state index contributed by atoms with van der Waals surface area (Å²) in [5, 5.41) is 3.76. The number of para-hydroxylation sites is 1. The fraction of sp³-hybridized carbons (Fsp3) is 0.571. The zero-order valence-electron chi connectivity index (χ0n) is 9.78. The maximum Gasteiger partial charge on any atom is 0.124 e. The first-order valence-electron chi connectivity index (χ1n) is 6.32. The number of hydrogen-bond acceptors (Lipinski definition) is 2. The number of rotatable bonds is 2. The molecular formula is C14H19NO. The summed E-state index contributed by atoms with van der Waals surface area (Å²) < 4.78 is 5.69. The summed E-state index contributed by atoms with van der Waals surface area (Å²) in [6.07, 6.45) is 4.06. The largest absolute Gasteiger partial charge is 0.491 e. The van der Waals surface area contributed by atoms with Gasteiger partial charge in [0.15, 0.2) is 0 Å². The minimum atomic E-state index is 0.404. The maximum atomic E-state index is 5.69. The van der Waals surface area contributed by atoms with Crippen LogP contribution < -0.4 is 10.1 Å². The average molecular weight is 217 g/mol. The molecule has 1 fully saturated rings. The fourth-order valence-corrected chi connectivity index (χ4v) is 2.95. The van der Waals surface area contributed by atoms with Crippen molar-refractivity contribution >= 4 is 0 Å². The van der Waals surface area contributed by atoms with Gasteiger partial charge < -0.3 is 10.1 Å². The van der Waals surface area contributed by atoms with Gasteiger partial charge in [-0.05, 0) is 24.8 Å². The van der Waals surface area contributed by atoms with Crippen molar-refractivity contribution < 1.29 is 4.74 Å². The van der Waals surface area contributed by atoms with E-state index in [0.717, 1.165) is 18.3 Å². The van der Waals surface area contributed by atoms with Crippen molar-refractivity contribution in [1.82, 2.24) is 5.32 Å². The van der Waals surface area contributed by atoms with Gasteiger partial charge >= 0.3 is 0 Å². The monoisotopic (exact) mass is 217 g/mol. The molecule has 3 atom stereocenters. The van der Waals surface area contributed by atoms with Gasteiger partial charge in [-0.2, -0.15) is 0 Å². The number of hydrogen-bond donors (Lipinski definition) is 1. The normalized spacial score (nSPS) is 32.4. The van der Waals surface area contributed by atoms with Gasteiger partial charge in [0.2, 0.25) is 0 Å². The van der Waals surface area contributed by atoms with E-state index in [1.807, 2.05) is 6.07 Å². The second kappa shape index (κ2) is 4.10. The molecule has 0 spiro atoms. The summed E-state index contributed by atoms with van der Waals surface area (Å²) in [6.45, 7) is 3.15. The van der Waals surface area contributed by atoms with E-state index in [1.54, 1.807) is 0 Å². The van der Waals surface area contributed by atoms with Gasteiger partial charge in [-0.1, -0.05) is 31.5 Å². The van der Waals surface area contributed by atoms with Crippen molar-refractivity contribution in [3.05, 3.63) is 29.8 Å². The Morgan fingerprint density at radius 1 is 1.25 bits per heavy atom. The Hall–Kier alpha value is -1.02. The highest BCUT2D eigenvalue weighted by molar-refractivity contribution is 5.39. The van der Waals surface area contributed by atoms with Gasteiger partial charge in [0.05, 0.1) is 6.04 Å². The van der Waals surface area contributed by atoms with Gasteiger partial charge in [0.1, 0.15) is 12.4 Å². The predicted octanol–water partition coefficient (Wildman–Crippen LogP) is 2.90. The van der Waals surface area contributed by atoms with E-state index in [4.69, 9.17) is 4.74 Å². The topological polar surface area (TPSA) is 21.3 Å². The predicted molar refractivity (Wildman–Crippen MR) is 64.6 cm³/mol. The van der Waals surface area contributed by atoms with Crippen LogP contribution in [0.15, 0.2) is 24.3 Å². The molecule has 1 aliphatic carbocycles. The van der Waals surface area contributed by atoms with Crippen LogP contribution in [-0.4, -0.2) is 12.6 Å². The highest BCUT2D eigenvalue weighted by atomic mass is 16.5. The molecule has 1 aromatic rings. The zero-order chi connectivity index (χ0) is 11.0. The molecule has 1 N–H and O–H groups in total. The summed E-state index contributed by atoms with van der Waals surface area (Å²) in [5.41, 5.74) is 1.33. The standard InChI is InChI=1S/C14H19NO/c1-10-5-4-7-12(10)15-13-9-16-14-8-3-2-6-11(13)14/h2-3,6,8,10,12-13,15H,4-5,7,9H2,1H3. The second-order valence-corrected chi connectivity index (χ2v) is 5.08. The summed E-state index contributed by atoms with van der Waals surface area (Å²) in [7, 11) is 0. The van der Waals surface area contributed by atoms with E-state index in [-0.39, 0.29) is 0 Å². The first-order chi connectivity index (χ1) is 7.84. The van der Waals surface area contributed by atoms with Crippen molar-refractivity contribution in [2.45, 2.75) is 38.3 Å². The van der Waals surface area contributed by atoms with E-state index in [9.17, 15) is 0 Å². The lowest BCUT2D eigenvalue weighted by Crippen LogP contribution is -2.35. The van der Waals surface area contributed by atoms with Crippen LogP contribution in [0.4, 0.5) is 0 Å². The van der Waals surface area contributed by atoms with Crippen molar-refractivity contribution in [2.24, 2.45) is 5.92 Å². The Labute approximate surface area is 97.0 Å². The molecule has 1 heterocycles. The summed E-state index contributed by atoms with van der Waals surface area (Å²) >= 11 is 0. The van der Waals surface area contributed by atoms with Crippen molar-refractivity contribution in [3.63, 3.8) is 0 Å². The third kappa shape index (κ3) is 1.71. The number of ether oxygens (including phenoxy) is 1. The van der Waals surface area contributed by atoms with Crippen LogP contribution in [0.1, 0.15) is 37.8 Å². The molecule has 86 valence electrons. The van der Waals surface area contributed by atoms with Crippen LogP contribution in [0.3, 0.4) is 0 Å². The Kier molecular flexibility index (Phi) is 2.60. The van der Waals surface area contributed by atoms with Crippen LogP contribution in [0.25, 0.3) is 0 Å². The molecule has 2 nitrogen and oxygen atoms in total. The quantitative estimate of drug-likeness (QED) is 0.822. The average Bonchev–Trinajstić information content (AvgIpc) is 2.88. The molecule has 0 amide bonds. The fourth-order valence-electron chi connectivity index (χ4n) is 2.95. The first kappa shape index (κ1) is 10.2. The molecular weight excluding hydrogens is 198 g/mol. The van der Waals surface area contributed by atoms with Gasteiger partial charge in [0, 0.05) is 11.6 Å². The van der Waals surface area contributed by atoms with Gasteiger partial charge in [-0.3, -0.25) is 0 Å². The molecule has 1 aliphatic heterocycles. The lowest BCUT2D eigenvalue weighted by atomic mass is 10.0. The van der Waals surface area contributed by atoms with Crippen LogP contribution >= 0.6 is 0 Å². The second-order valence-electron chi connectivity index (χ2n) is 5.08. The molecule has 0 saturated heterocycles. The molecule has 2 aliphatic rings. The van der Waals surface area contributed by atoms with Crippen LogP contribution in [-0.2, 0) is 0 Å². The van der Waals surface area contributed by atoms with Crippen LogP contribution in [0.5, 0.6) is 5.75 Å². The Morgan fingerprint density at radius 2 is 2.12 bits per heavy atom. The Morgan fingerprint density at radius 3 is 2.94 bits per heavy atom. The van der Waals surface area contributed by atoms with Gasteiger partial charge in [-0.25, -0.2) is 0 Å². The molecule has 0 aromatic heterocycles. The lowest BCUT2D eigenvalue weighted by Gasteiger charge is -2.21. The van der Waals surface area contributed by atoms with E-state index >= 15 is 0 Å². The van der Waals surface area contributed by atoms with E-state index in [2.05, 4.69) is 30.4 Å². The SMILES string of the molecule is CC1CCCC1NC1COc2ccccc21. The maximum absolute atomic E-state index is 5.69. The third-order valence-electron chi connectivity index (χ3n) is 3.98. The van der Waals surface area contributed by atoms with Gasteiger partial charge in [0.25, 0.3) is 0 Å². The smallest absolute Gasteiger partial charge is 0.124 e. The molecule has 3 unspecified atom stereocenters. The van der Waals surface area contributed by atoms with Crippen molar-refractivity contribution in [3.8, 4) is 5.75 Å². The van der Waals surface area contributed by atoms with Gasteiger partial charge in [-0.15, -0.1) is 0 Å². The van der Waals surface area contributed by atoms with E-state index in [0.29, 0.717) is 12.1 Å². The molecule has 0 radical (unpaired) electrons.